The van der Waals surface area contributed by atoms with E-state index in [0.29, 0.717) is 0 Å². The van der Waals surface area contributed by atoms with Crippen LogP contribution in [0.2, 0.25) is 0 Å². The zero-order valence-electron chi connectivity index (χ0n) is 6.11. The molecule has 0 unspecified atom stereocenters. The molecule has 68 valence electrons. The van der Waals surface area contributed by atoms with Crippen LogP contribution < -0.4 is 0 Å². The topological polar surface area (TPSA) is 28.7 Å². The van der Waals surface area contributed by atoms with Gasteiger partial charge in [0.05, 0.1) is 0 Å². The number of imidazole rings is 1. The van der Waals surface area contributed by atoms with Crippen LogP contribution in [0.4, 0.5) is 17.6 Å². The Morgan fingerprint density at radius 3 is 2.00 bits per heavy atom. The summed E-state index contributed by atoms with van der Waals surface area (Å²) in [6.45, 7) is 1.28. The van der Waals surface area contributed by atoms with Gasteiger partial charge in [0.25, 0.3) is 12.9 Å². The van der Waals surface area contributed by atoms with Gasteiger partial charge in [0, 0.05) is 5.69 Å². The lowest BCUT2D eigenvalue weighted by molar-refractivity contribution is 0.135. The fourth-order valence-electron chi connectivity index (χ4n) is 0.814. The molecule has 0 radical (unpaired) electrons. The van der Waals surface area contributed by atoms with Gasteiger partial charge in [0.2, 0.25) is 0 Å². The van der Waals surface area contributed by atoms with E-state index in [0.717, 1.165) is 0 Å². The summed E-state index contributed by atoms with van der Waals surface area (Å²) in [5.41, 5.74) is -0.620. The Morgan fingerprint density at radius 1 is 1.17 bits per heavy atom. The summed E-state index contributed by atoms with van der Waals surface area (Å²) in [5.74, 6) is -0.706. The van der Waals surface area contributed by atoms with Gasteiger partial charge in [-0.2, -0.15) is 0 Å². The third-order valence-corrected chi connectivity index (χ3v) is 1.35. The quantitative estimate of drug-likeness (QED) is 0.699. The molecule has 0 atom stereocenters. The highest BCUT2D eigenvalue weighted by Gasteiger charge is 2.19. The lowest BCUT2D eigenvalue weighted by Gasteiger charge is -1.92. The van der Waals surface area contributed by atoms with Gasteiger partial charge in [-0.25, -0.2) is 22.5 Å². The molecule has 0 fully saturated rings. The minimum absolute atomic E-state index is 0.0136. The smallest absolute Gasteiger partial charge is 0.295 e. The van der Waals surface area contributed by atoms with Crippen molar-refractivity contribution in [1.29, 1.82) is 0 Å². The van der Waals surface area contributed by atoms with Crippen molar-refractivity contribution in [3.05, 3.63) is 17.2 Å². The van der Waals surface area contributed by atoms with E-state index in [9.17, 15) is 17.6 Å². The highest BCUT2D eigenvalue weighted by molar-refractivity contribution is 5.14. The van der Waals surface area contributed by atoms with Gasteiger partial charge in [0.15, 0.2) is 5.82 Å². The minimum Gasteiger partial charge on any atom is -0.341 e. The van der Waals surface area contributed by atoms with Gasteiger partial charge in [-0.15, -0.1) is 0 Å². The summed E-state index contributed by atoms with van der Waals surface area (Å²) in [7, 11) is 0. The first-order chi connectivity index (χ1) is 5.52. The number of nitrogens with one attached hydrogen (secondary N) is 1. The molecule has 0 saturated carbocycles. The molecule has 1 aromatic rings. The van der Waals surface area contributed by atoms with Crippen molar-refractivity contribution in [2.24, 2.45) is 0 Å². The molecule has 2 nitrogen and oxygen atoms in total. The van der Waals surface area contributed by atoms with E-state index in [-0.39, 0.29) is 5.69 Å². The number of alkyl halides is 4. The number of rotatable bonds is 2. The van der Waals surface area contributed by atoms with Gasteiger partial charge >= 0.3 is 0 Å². The Morgan fingerprint density at radius 2 is 1.75 bits per heavy atom. The average Bonchev–Trinajstić information content (AvgIpc) is 2.30. The van der Waals surface area contributed by atoms with Gasteiger partial charge in [-0.3, -0.25) is 0 Å². The molecular weight excluding hydrogens is 176 g/mol. The summed E-state index contributed by atoms with van der Waals surface area (Å²) in [6, 6.07) is 0. The Hall–Kier alpha value is -1.07. The third kappa shape index (κ3) is 1.57. The van der Waals surface area contributed by atoms with E-state index >= 15 is 0 Å². The molecule has 6 heteroatoms. The van der Waals surface area contributed by atoms with Crippen LogP contribution in [0, 0.1) is 6.92 Å². The van der Waals surface area contributed by atoms with Crippen molar-refractivity contribution >= 4 is 0 Å². The molecule has 0 aromatic carbocycles. The summed E-state index contributed by atoms with van der Waals surface area (Å²) in [4.78, 5) is 5.14. The second-order valence-electron chi connectivity index (χ2n) is 2.23. The maximum Gasteiger partial charge on any atom is 0.295 e. The molecule has 12 heavy (non-hydrogen) atoms. The van der Waals surface area contributed by atoms with Crippen LogP contribution in [-0.4, -0.2) is 9.97 Å². The lowest BCUT2D eigenvalue weighted by Crippen LogP contribution is -1.88. The third-order valence-electron chi connectivity index (χ3n) is 1.35. The van der Waals surface area contributed by atoms with E-state index < -0.39 is 24.4 Å². The van der Waals surface area contributed by atoms with Crippen LogP contribution in [0.1, 0.15) is 30.1 Å². The van der Waals surface area contributed by atoms with Crippen LogP contribution in [0.5, 0.6) is 0 Å². The number of nitrogens with zero attached hydrogens (tertiary/aromatic N) is 1. The molecule has 0 aliphatic rings. The Balaban J connectivity index is 3.00. The first kappa shape index (κ1) is 9.02. The average molecular weight is 182 g/mol. The molecule has 1 heterocycles. The maximum atomic E-state index is 12.0. The van der Waals surface area contributed by atoms with E-state index in [1.165, 1.54) is 6.92 Å². The zero-order chi connectivity index (χ0) is 9.30. The van der Waals surface area contributed by atoms with Gasteiger partial charge in [0.1, 0.15) is 5.69 Å². The maximum absolute atomic E-state index is 12.0. The Kier molecular flexibility index (Phi) is 2.35. The van der Waals surface area contributed by atoms with Gasteiger partial charge < -0.3 is 4.98 Å². The Labute approximate surface area is 65.6 Å². The number of hydrogen-bond donors (Lipinski definition) is 1. The van der Waals surface area contributed by atoms with E-state index in [2.05, 4.69) is 9.97 Å². The van der Waals surface area contributed by atoms with Crippen LogP contribution in [0.15, 0.2) is 0 Å². The summed E-state index contributed by atoms with van der Waals surface area (Å²) < 4.78 is 47.7. The van der Waals surface area contributed by atoms with Crippen molar-refractivity contribution in [1.82, 2.24) is 9.97 Å². The monoisotopic (exact) mass is 182 g/mol. The number of H-pyrrole nitrogens is 1. The van der Waals surface area contributed by atoms with Crippen LogP contribution in [-0.2, 0) is 0 Å². The molecule has 0 amide bonds. The molecular formula is C6H6F4N2. The molecule has 1 aromatic heterocycles. The summed E-state index contributed by atoms with van der Waals surface area (Å²) in [6.07, 6.45) is -5.65. The summed E-state index contributed by atoms with van der Waals surface area (Å²) >= 11 is 0. The van der Waals surface area contributed by atoms with Crippen molar-refractivity contribution in [2.45, 2.75) is 19.8 Å². The highest BCUT2D eigenvalue weighted by Crippen LogP contribution is 2.23. The SMILES string of the molecule is Cc1[nH]c(C(F)F)nc1C(F)F. The van der Waals surface area contributed by atoms with Crippen LogP contribution in [0.25, 0.3) is 0 Å². The molecule has 1 rings (SSSR count). The lowest BCUT2D eigenvalue weighted by atomic mass is 10.4. The Bertz CT molecular complexity index is 269. The molecule has 0 saturated heterocycles. The normalized spacial score (nSPS) is 11.6. The van der Waals surface area contributed by atoms with Crippen molar-refractivity contribution in [3.63, 3.8) is 0 Å². The number of halogens is 4. The van der Waals surface area contributed by atoms with E-state index in [4.69, 9.17) is 0 Å². The molecule has 0 bridgehead atoms. The van der Waals surface area contributed by atoms with Crippen molar-refractivity contribution in [3.8, 4) is 0 Å². The van der Waals surface area contributed by atoms with Crippen LogP contribution in [0.3, 0.4) is 0 Å². The number of aromatic amines is 1. The minimum atomic E-state index is -2.84. The highest BCUT2D eigenvalue weighted by atomic mass is 19.3. The molecule has 1 N–H and O–H groups in total. The van der Waals surface area contributed by atoms with Crippen molar-refractivity contribution in [2.75, 3.05) is 0 Å². The molecule has 0 spiro atoms. The van der Waals surface area contributed by atoms with E-state index in [1.54, 1.807) is 0 Å². The second kappa shape index (κ2) is 3.12. The number of hydrogen-bond acceptors (Lipinski definition) is 1. The fourth-order valence-corrected chi connectivity index (χ4v) is 0.814. The predicted octanol–water partition coefficient (Wildman–Crippen LogP) is 2.59. The van der Waals surface area contributed by atoms with Crippen LogP contribution >= 0.6 is 0 Å². The largest absolute Gasteiger partial charge is 0.341 e. The first-order valence-corrected chi connectivity index (χ1v) is 3.15. The van der Waals surface area contributed by atoms with Crippen molar-refractivity contribution < 1.29 is 17.6 Å². The number of aryl methyl sites for hydroxylation is 1. The summed E-state index contributed by atoms with van der Waals surface area (Å²) in [5, 5.41) is 0. The fraction of sp³-hybridized carbons (Fsp3) is 0.500. The van der Waals surface area contributed by atoms with E-state index in [1.807, 2.05) is 0 Å². The second-order valence-corrected chi connectivity index (χ2v) is 2.23. The number of aromatic nitrogens is 2. The van der Waals surface area contributed by atoms with Gasteiger partial charge in [-0.1, -0.05) is 0 Å². The zero-order valence-corrected chi connectivity index (χ0v) is 6.11. The predicted molar refractivity (Wildman–Crippen MR) is 33.2 cm³/mol. The first-order valence-electron chi connectivity index (χ1n) is 3.15. The molecule has 0 aliphatic carbocycles. The standard InChI is InChI=1S/C6H6F4N2/c1-2-3(4(7)8)12-6(11-2)5(9)10/h4-5H,1H3,(H,11,12). The molecule has 0 aliphatic heterocycles. The van der Waals surface area contributed by atoms with Gasteiger partial charge in [-0.05, 0) is 6.92 Å².